The van der Waals surface area contributed by atoms with E-state index >= 15 is 0 Å². The molecule has 2 N–H and O–H groups in total. The molecule has 212 valence electrons. The Bertz CT molecular complexity index is 1490. The maximum Gasteiger partial charge on any atom is 0.285 e. The Morgan fingerprint density at radius 1 is 0.951 bits per heavy atom. The molecule has 0 spiro atoms. The fraction of sp³-hybridized carbons (Fsp3) is 0.172. The Hall–Kier alpha value is -4.55. The lowest BCUT2D eigenvalue weighted by Crippen LogP contribution is -2.44. The Morgan fingerprint density at radius 2 is 1.71 bits per heavy atom. The summed E-state index contributed by atoms with van der Waals surface area (Å²) in [5.74, 6) is 0.554. The first-order valence-corrected chi connectivity index (χ1v) is 13.6. The first-order chi connectivity index (χ1) is 19.8. The number of thioether (sulfide) groups is 1. The average molecular weight is 594 g/mol. The van der Waals surface area contributed by atoms with Gasteiger partial charge in [-0.25, -0.2) is 0 Å². The molecule has 3 aromatic carbocycles. The number of amides is 3. The lowest BCUT2D eigenvalue weighted by atomic mass is 10.2. The van der Waals surface area contributed by atoms with E-state index in [2.05, 4.69) is 10.7 Å². The smallest absolute Gasteiger partial charge is 0.285 e. The topological polar surface area (TPSA) is 115 Å². The second kappa shape index (κ2) is 13.7. The quantitative estimate of drug-likeness (QED) is 0.242. The van der Waals surface area contributed by atoms with Crippen molar-refractivity contribution in [1.29, 1.82) is 0 Å². The number of benzene rings is 3. The number of ether oxygens (including phenoxy) is 4. The minimum absolute atomic E-state index is 0.187. The van der Waals surface area contributed by atoms with Crippen LogP contribution in [-0.2, 0) is 9.59 Å². The highest BCUT2D eigenvalue weighted by Crippen LogP contribution is 2.34. The fourth-order valence-corrected chi connectivity index (χ4v) is 4.88. The van der Waals surface area contributed by atoms with Crippen molar-refractivity contribution in [2.45, 2.75) is 6.92 Å². The second-order valence-electron chi connectivity index (χ2n) is 8.36. The molecule has 1 aliphatic rings. The summed E-state index contributed by atoms with van der Waals surface area (Å²) in [4.78, 5) is 38.5. The van der Waals surface area contributed by atoms with Crippen LogP contribution in [0.3, 0.4) is 0 Å². The minimum atomic E-state index is -0.487. The molecule has 1 fully saturated rings. The highest BCUT2D eigenvalue weighted by atomic mass is 32.2. The number of para-hydroxylation sites is 2. The van der Waals surface area contributed by atoms with Crippen LogP contribution in [0, 0.1) is 0 Å². The van der Waals surface area contributed by atoms with Gasteiger partial charge in [-0.3, -0.25) is 19.8 Å². The lowest BCUT2D eigenvalue weighted by molar-refractivity contribution is -0.123. The van der Waals surface area contributed by atoms with Gasteiger partial charge in [-0.05, 0) is 79.3 Å². The predicted octanol–water partition coefficient (Wildman–Crippen LogP) is 4.67. The van der Waals surface area contributed by atoms with Crippen molar-refractivity contribution in [3.8, 4) is 23.0 Å². The summed E-state index contributed by atoms with van der Waals surface area (Å²) in [7, 11) is 3.00. The molecule has 1 saturated heterocycles. The third kappa shape index (κ3) is 7.35. The van der Waals surface area contributed by atoms with Crippen molar-refractivity contribution in [1.82, 2.24) is 10.4 Å². The zero-order valence-electron chi connectivity index (χ0n) is 22.5. The van der Waals surface area contributed by atoms with Crippen LogP contribution in [0.1, 0.15) is 22.8 Å². The van der Waals surface area contributed by atoms with Gasteiger partial charge in [0.25, 0.3) is 17.7 Å². The molecule has 41 heavy (non-hydrogen) atoms. The van der Waals surface area contributed by atoms with E-state index in [9.17, 15) is 14.4 Å². The highest BCUT2D eigenvalue weighted by molar-refractivity contribution is 8.26. The van der Waals surface area contributed by atoms with E-state index in [4.69, 9.17) is 31.2 Å². The number of anilines is 1. The number of thiocarbonyl (C=S) groups is 1. The maximum atomic E-state index is 13.0. The first-order valence-electron chi connectivity index (χ1n) is 12.4. The number of hydrazine groups is 1. The Kier molecular flexibility index (Phi) is 9.82. The van der Waals surface area contributed by atoms with Gasteiger partial charge in [-0.15, -0.1) is 0 Å². The summed E-state index contributed by atoms with van der Waals surface area (Å²) >= 11 is 6.37. The molecule has 4 rings (SSSR count). The number of nitrogens with zero attached hydrogens (tertiary/aromatic N) is 1. The SMILES string of the molecule is CCOc1ccccc1NC(=O)COc1ccc(/C=C2/SC(=S)N(NC(=O)c3ccc(OC)cc3)C2=O)cc1OC. The molecule has 0 atom stereocenters. The molecule has 0 saturated carbocycles. The third-order valence-corrected chi connectivity index (χ3v) is 6.97. The number of methoxy groups -OCH3 is 2. The summed E-state index contributed by atoms with van der Waals surface area (Å²) in [5.41, 5.74) is 4.06. The van der Waals surface area contributed by atoms with Crippen molar-refractivity contribution < 1.29 is 33.3 Å². The van der Waals surface area contributed by atoms with Crippen LogP contribution in [-0.4, -0.2) is 54.5 Å². The van der Waals surface area contributed by atoms with Crippen LogP contribution in [0.25, 0.3) is 6.08 Å². The second-order valence-corrected chi connectivity index (χ2v) is 10.0. The van der Waals surface area contributed by atoms with Crippen molar-refractivity contribution in [3.63, 3.8) is 0 Å². The maximum absolute atomic E-state index is 13.0. The molecule has 12 heteroatoms. The van der Waals surface area contributed by atoms with Gasteiger partial charge in [0, 0.05) is 5.56 Å². The lowest BCUT2D eigenvalue weighted by Gasteiger charge is -2.15. The van der Waals surface area contributed by atoms with E-state index in [1.807, 2.05) is 13.0 Å². The summed E-state index contributed by atoms with van der Waals surface area (Å²) < 4.78 is 21.9. The van der Waals surface area contributed by atoms with Gasteiger partial charge in [0.15, 0.2) is 22.4 Å². The predicted molar refractivity (Wildman–Crippen MR) is 160 cm³/mol. The number of hydrogen-bond acceptors (Lipinski definition) is 9. The van der Waals surface area contributed by atoms with Gasteiger partial charge >= 0.3 is 0 Å². The monoisotopic (exact) mass is 593 g/mol. The van der Waals surface area contributed by atoms with Crippen LogP contribution in [0.2, 0.25) is 0 Å². The van der Waals surface area contributed by atoms with Gasteiger partial charge in [-0.1, -0.05) is 30.0 Å². The van der Waals surface area contributed by atoms with E-state index in [0.29, 0.717) is 51.3 Å². The van der Waals surface area contributed by atoms with E-state index in [1.165, 1.54) is 14.2 Å². The zero-order chi connectivity index (χ0) is 29.4. The largest absolute Gasteiger partial charge is 0.497 e. The fourth-order valence-electron chi connectivity index (χ4n) is 3.70. The van der Waals surface area contributed by atoms with E-state index < -0.39 is 11.8 Å². The third-order valence-electron chi connectivity index (χ3n) is 5.66. The molecule has 0 aliphatic carbocycles. The number of hydrogen-bond donors (Lipinski definition) is 2. The average Bonchev–Trinajstić information content (AvgIpc) is 3.24. The number of carbonyl (C=O) groups excluding carboxylic acids is 3. The van der Waals surface area contributed by atoms with Gasteiger partial charge in [-0.2, -0.15) is 5.01 Å². The Balaban J connectivity index is 1.40. The van der Waals surface area contributed by atoms with Crippen LogP contribution >= 0.6 is 24.0 Å². The van der Waals surface area contributed by atoms with E-state index in [-0.39, 0.29) is 16.8 Å². The molecule has 3 amide bonds. The van der Waals surface area contributed by atoms with Crippen molar-refractivity contribution in [2.75, 3.05) is 32.8 Å². The molecule has 3 aromatic rings. The summed E-state index contributed by atoms with van der Waals surface area (Å²) in [5, 5.41) is 3.81. The molecule has 0 aromatic heterocycles. The molecule has 0 radical (unpaired) electrons. The summed E-state index contributed by atoms with van der Waals surface area (Å²) in [6.45, 7) is 2.07. The van der Waals surface area contributed by atoms with Crippen molar-refractivity contribution in [2.24, 2.45) is 0 Å². The minimum Gasteiger partial charge on any atom is -0.497 e. The van der Waals surface area contributed by atoms with E-state index in [1.54, 1.807) is 66.7 Å². The van der Waals surface area contributed by atoms with Gasteiger partial charge in [0.05, 0.1) is 31.4 Å². The van der Waals surface area contributed by atoms with Gasteiger partial charge in [0.1, 0.15) is 11.5 Å². The van der Waals surface area contributed by atoms with Gasteiger partial charge < -0.3 is 24.3 Å². The summed E-state index contributed by atoms with van der Waals surface area (Å²) in [6, 6.07) is 18.6. The van der Waals surface area contributed by atoms with Crippen molar-refractivity contribution in [3.05, 3.63) is 82.8 Å². The zero-order valence-corrected chi connectivity index (χ0v) is 24.1. The van der Waals surface area contributed by atoms with Crippen LogP contribution < -0.4 is 29.7 Å². The van der Waals surface area contributed by atoms with Crippen LogP contribution in [0.15, 0.2) is 71.6 Å². The molecule has 1 heterocycles. The van der Waals surface area contributed by atoms with Crippen LogP contribution in [0.4, 0.5) is 5.69 Å². The Labute approximate surface area is 246 Å². The molecule has 10 nitrogen and oxygen atoms in total. The molecular weight excluding hydrogens is 566 g/mol. The standard InChI is InChI=1S/C29H27N3O7S2/c1-4-38-22-8-6-5-7-21(22)30-26(33)17-39-23-14-9-18(15-24(23)37-3)16-25-28(35)32(29(40)41-25)31-27(34)19-10-12-20(36-2)13-11-19/h5-16H,4,17H2,1-3H3,(H,30,33)(H,31,34)/b25-16+. The number of nitrogens with one attached hydrogen (secondary N) is 2. The number of rotatable bonds is 11. The molecule has 0 bridgehead atoms. The first kappa shape index (κ1) is 29.4. The van der Waals surface area contributed by atoms with E-state index in [0.717, 1.165) is 16.8 Å². The molecular formula is C29H27N3O7S2. The van der Waals surface area contributed by atoms with Crippen molar-refractivity contribution >= 4 is 57.8 Å². The van der Waals surface area contributed by atoms with Crippen LogP contribution in [0.5, 0.6) is 23.0 Å². The number of carbonyl (C=O) groups is 3. The Morgan fingerprint density at radius 3 is 2.41 bits per heavy atom. The molecule has 1 aliphatic heterocycles. The normalized spacial score (nSPS) is 13.6. The molecule has 0 unspecified atom stereocenters. The summed E-state index contributed by atoms with van der Waals surface area (Å²) in [6.07, 6.45) is 1.63. The highest BCUT2D eigenvalue weighted by Gasteiger charge is 2.34. The van der Waals surface area contributed by atoms with Gasteiger partial charge in [0.2, 0.25) is 0 Å².